The number of aromatic nitrogens is 1. The van der Waals surface area contributed by atoms with E-state index in [1.54, 1.807) is 12.3 Å². The lowest BCUT2D eigenvalue weighted by Crippen LogP contribution is -2.22. The van der Waals surface area contributed by atoms with E-state index >= 15 is 0 Å². The van der Waals surface area contributed by atoms with E-state index in [0.29, 0.717) is 24.0 Å². The van der Waals surface area contributed by atoms with Gasteiger partial charge in [-0.3, -0.25) is 0 Å². The second-order valence-electron chi connectivity index (χ2n) is 4.76. The van der Waals surface area contributed by atoms with Crippen LogP contribution in [-0.2, 0) is 6.54 Å². The van der Waals surface area contributed by atoms with Crippen LogP contribution < -0.4 is 10.2 Å². The highest BCUT2D eigenvalue weighted by atomic mass is 19.1. The fraction of sp³-hybridized carbons (Fsp3) is 0.500. The molecular weight excluding hydrogens is 229 g/mol. The SMILES string of the molecule is C=CCCN(C)c1nccc(CNC2CC2)c1F. The molecule has 2 rings (SSSR count). The topological polar surface area (TPSA) is 28.2 Å². The van der Waals surface area contributed by atoms with Crippen molar-refractivity contribution < 1.29 is 4.39 Å². The van der Waals surface area contributed by atoms with Gasteiger partial charge >= 0.3 is 0 Å². The molecule has 0 aromatic carbocycles. The fourth-order valence-electron chi connectivity index (χ4n) is 1.81. The highest BCUT2D eigenvalue weighted by Gasteiger charge is 2.21. The van der Waals surface area contributed by atoms with Gasteiger partial charge in [0.2, 0.25) is 0 Å². The number of nitrogens with zero attached hydrogens (tertiary/aromatic N) is 2. The van der Waals surface area contributed by atoms with Gasteiger partial charge < -0.3 is 10.2 Å². The first-order valence-electron chi connectivity index (χ1n) is 6.41. The Hall–Kier alpha value is -1.42. The van der Waals surface area contributed by atoms with E-state index < -0.39 is 0 Å². The summed E-state index contributed by atoms with van der Waals surface area (Å²) in [7, 11) is 1.85. The molecule has 0 spiro atoms. The molecule has 0 bridgehead atoms. The van der Waals surface area contributed by atoms with Crippen molar-refractivity contribution in [2.45, 2.75) is 31.8 Å². The lowest BCUT2D eigenvalue weighted by atomic mass is 10.2. The summed E-state index contributed by atoms with van der Waals surface area (Å²) >= 11 is 0. The van der Waals surface area contributed by atoms with Gasteiger partial charge in [0.25, 0.3) is 0 Å². The Morgan fingerprint density at radius 2 is 2.39 bits per heavy atom. The molecule has 0 saturated heterocycles. The largest absolute Gasteiger partial charge is 0.357 e. The Labute approximate surface area is 108 Å². The fourth-order valence-corrected chi connectivity index (χ4v) is 1.81. The van der Waals surface area contributed by atoms with Crippen LogP contribution in [0.5, 0.6) is 0 Å². The normalized spacial score (nSPS) is 14.6. The van der Waals surface area contributed by atoms with Crippen molar-refractivity contribution in [3.63, 3.8) is 0 Å². The van der Waals surface area contributed by atoms with Crippen molar-refractivity contribution in [1.82, 2.24) is 10.3 Å². The molecule has 1 aromatic rings. The van der Waals surface area contributed by atoms with Crippen LogP contribution in [0.4, 0.5) is 10.2 Å². The van der Waals surface area contributed by atoms with Crippen molar-refractivity contribution in [1.29, 1.82) is 0 Å². The van der Waals surface area contributed by atoms with Gasteiger partial charge in [0.05, 0.1) is 0 Å². The molecule has 1 fully saturated rings. The molecule has 98 valence electrons. The monoisotopic (exact) mass is 249 g/mol. The summed E-state index contributed by atoms with van der Waals surface area (Å²) in [6.07, 6.45) is 6.74. The summed E-state index contributed by atoms with van der Waals surface area (Å²) < 4.78 is 14.3. The molecule has 0 amide bonds. The molecule has 1 saturated carbocycles. The third-order valence-electron chi connectivity index (χ3n) is 3.14. The second kappa shape index (κ2) is 5.96. The molecule has 0 radical (unpaired) electrons. The minimum Gasteiger partial charge on any atom is -0.357 e. The van der Waals surface area contributed by atoms with Crippen molar-refractivity contribution in [2.24, 2.45) is 0 Å². The number of rotatable bonds is 7. The maximum Gasteiger partial charge on any atom is 0.170 e. The van der Waals surface area contributed by atoms with Crippen molar-refractivity contribution in [3.05, 3.63) is 36.3 Å². The Morgan fingerprint density at radius 3 is 3.06 bits per heavy atom. The molecule has 1 aliphatic rings. The van der Waals surface area contributed by atoms with Crippen LogP contribution in [0, 0.1) is 5.82 Å². The van der Waals surface area contributed by atoms with Crippen LogP contribution in [0.25, 0.3) is 0 Å². The molecule has 1 aromatic heterocycles. The molecular formula is C14H20FN3. The van der Waals surface area contributed by atoms with E-state index in [1.807, 2.05) is 18.0 Å². The van der Waals surface area contributed by atoms with Gasteiger partial charge in [0.15, 0.2) is 11.6 Å². The zero-order valence-electron chi connectivity index (χ0n) is 10.8. The molecule has 1 N–H and O–H groups in total. The minimum absolute atomic E-state index is 0.211. The van der Waals surface area contributed by atoms with Crippen molar-refractivity contribution >= 4 is 5.82 Å². The van der Waals surface area contributed by atoms with Gasteiger partial charge in [-0.05, 0) is 25.3 Å². The number of hydrogen-bond donors (Lipinski definition) is 1. The van der Waals surface area contributed by atoms with Gasteiger partial charge in [-0.15, -0.1) is 6.58 Å². The minimum atomic E-state index is -0.211. The summed E-state index contributed by atoms with van der Waals surface area (Å²) in [5.41, 5.74) is 0.692. The standard InChI is InChI=1S/C14H20FN3/c1-3-4-9-18(2)14-13(15)11(7-8-16-14)10-17-12-5-6-12/h3,7-8,12,17H,1,4-6,9-10H2,2H3. The zero-order valence-corrected chi connectivity index (χ0v) is 10.8. The average molecular weight is 249 g/mol. The van der Waals surface area contributed by atoms with Crippen LogP contribution in [0.2, 0.25) is 0 Å². The van der Waals surface area contributed by atoms with Gasteiger partial charge in [-0.1, -0.05) is 6.08 Å². The maximum atomic E-state index is 14.3. The Kier molecular flexibility index (Phi) is 4.31. The van der Waals surface area contributed by atoms with E-state index in [1.165, 1.54) is 12.8 Å². The van der Waals surface area contributed by atoms with Crippen LogP contribution in [-0.4, -0.2) is 24.6 Å². The Morgan fingerprint density at radius 1 is 1.61 bits per heavy atom. The molecule has 0 unspecified atom stereocenters. The van der Waals surface area contributed by atoms with Crippen molar-refractivity contribution in [2.75, 3.05) is 18.5 Å². The Bertz CT molecular complexity index is 416. The highest BCUT2D eigenvalue weighted by molar-refractivity contribution is 5.42. The lowest BCUT2D eigenvalue weighted by Gasteiger charge is -2.19. The summed E-state index contributed by atoms with van der Waals surface area (Å²) in [5.74, 6) is 0.212. The van der Waals surface area contributed by atoms with Gasteiger partial charge in [0, 0.05) is 37.9 Å². The zero-order chi connectivity index (χ0) is 13.0. The predicted octanol–water partition coefficient (Wildman–Crippen LogP) is 2.49. The van der Waals surface area contributed by atoms with E-state index in [-0.39, 0.29) is 5.82 Å². The maximum absolute atomic E-state index is 14.3. The van der Waals surface area contributed by atoms with Gasteiger partial charge in [-0.2, -0.15) is 0 Å². The summed E-state index contributed by atoms with van der Waals surface area (Å²) in [6, 6.07) is 2.33. The molecule has 0 aliphatic heterocycles. The van der Waals surface area contributed by atoms with Crippen LogP contribution in [0.1, 0.15) is 24.8 Å². The molecule has 18 heavy (non-hydrogen) atoms. The van der Waals surface area contributed by atoms with E-state index in [0.717, 1.165) is 13.0 Å². The third-order valence-corrected chi connectivity index (χ3v) is 3.14. The van der Waals surface area contributed by atoms with Gasteiger partial charge in [0.1, 0.15) is 0 Å². The summed E-state index contributed by atoms with van der Waals surface area (Å²) in [5, 5.41) is 3.32. The number of hydrogen-bond acceptors (Lipinski definition) is 3. The first-order valence-corrected chi connectivity index (χ1v) is 6.41. The number of nitrogens with one attached hydrogen (secondary N) is 1. The molecule has 4 heteroatoms. The average Bonchev–Trinajstić information content (AvgIpc) is 3.19. The predicted molar refractivity (Wildman–Crippen MR) is 72.1 cm³/mol. The first-order chi connectivity index (χ1) is 8.72. The van der Waals surface area contributed by atoms with Crippen LogP contribution >= 0.6 is 0 Å². The summed E-state index contributed by atoms with van der Waals surface area (Å²) in [6.45, 7) is 4.98. The van der Waals surface area contributed by atoms with Crippen LogP contribution in [0.15, 0.2) is 24.9 Å². The highest BCUT2D eigenvalue weighted by Crippen LogP contribution is 2.22. The lowest BCUT2D eigenvalue weighted by molar-refractivity contribution is 0.578. The number of halogens is 1. The van der Waals surface area contributed by atoms with E-state index in [2.05, 4.69) is 16.9 Å². The van der Waals surface area contributed by atoms with E-state index in [4.69, 9.17) is 0 Å². The quantitative estimate of drug-likeness (QED) is 0.752. The van der Waals surface area contributed by atoms with Crippen LogP contribution in [0.3, 0.4) is 0 Å². The second-order valence-corrected chi connectivity index (χ2v) is 4.76. The van der Waals surface area contributed by atoms with Crippen molar-refractivity contribution in [3.8, 4) is 0 Å². The van der Waals surface area contributed by atoms with E-state index in [9.17, 15) is 4.39 Å². The summed E-state index contributed by atoms with van der Waals surface area (Å²) in [4.78, 5) is 5.95. The number of pyridine rings is 1. The first kappa shape index (κ1) is 13.0. The Balaban J connectivity index is 2.04. The molecule has 1 aliphatic carbocycles. The molecule has 0 atom stereocenters. The van der Waals surface area contributed by atoms with Gasteiger partial charge in [-0.25, -0.2) is 9.37 Å². The number of anilines is 1. The molecule has 3 nitrogen and oxygen atoms in total. The smallest absolute Gasteiger partial charge is 0.170 e. The third kappa shape index (κ3) is 3.29. The molecule has 1 heterocycles.